The largest absolute Gasteiger partial charge is 0.494 e. The third kappa shape index (κ3) is 4.66. The van der Waals surface area contributed by atoms with E-state index >= 15 is 0 Å². The minimum Gasteiger partial charge on any atom is -0.494 e. The fourth-order valence-electron chi connectivity index (χ4n) is 3.33. The molecule has 0 saturated carbocycles. The molecular weight excluding hydrogens is 416 g/mol. The highest BCUT2D eigenvalue weighted by Crippen LogP contribution is 2.30. The second-order valence-electron chi connectivity index (χ2n) is 7.23. The van der Waals surface area contributed by atoms with Crippen LogP contribution in [0.1, 0.15) is 29.8 Å². The van der Waals surface area contributed by atoms with Crippen LogP contribution in [0.3, 0.4) is 0 Å². The lowest BCUT2D eigenvalue weighted by atomic mass is 9.97. The van der Waals surface area contributed by atoms with Gasteiger partial charge in [-0.2, -0.15) is 0 Å². The molecule has 0 spiro atoms. The van der Waals surface area contributed by atoms with Crippen molar-refractivity contribution in [1.29, 1.82) is 0 Å². The zero-order valence-electron chi connectivity index (χ0n) is 17.1. The molecule has 0 saturated heterocycles. The summed E-state index contributed by atoms with van der Waals surface area (Å²) >= 11 is 7.59. The normalized spacial score (nSPS) is 12.0. The number of nitrogens with zero attached hydrogens (tertiary/aromatic N) is 3. The van der Waals surface area contributed by atoms with Crippen LogP contribution in [0.2, 0.25) is 5.02 Å². The first kappa shape index (κ1) is 20.4. The van der Waals surface area contributed by atoms with Crippen LogP contribution >= 0.6 is 22.9 Å². The van der Waals surface area contributed by atoms with Gasteiger partial charge >= 0.3 is 0 Å². The van der Waals surface area contributed by atoms with Crippen molar-refractivity contribution in [2.24, 2.45) is 0 Å². The van der Waals surface area contributed by atoms with Crippen molar-refractivity contribution >= 4 is 33.8 Å². The molecule has 2 aromatic heterocycles. The Balaban J connectivity index is 1.46. The summed E-state index contributed by atoms with van der Waals surface area (Å²) in [4.78, 5) is 9.04. The summed E-state index contributed by atoms with van der Waals surface area (Å²) in [6.45, 7) is 4.17. The van der Waals surface area contributed by atoms with E-state index in [4.69, 9.17) is 21.3 Å². The summed E-state index contributed by atoms with van der Waals surface area (Å²) in [5, 5.41) is 7.12. The van der Waals surface area contributed by atoms with Crippen molar-refractivity contribution in [1.82, 2.24) is 14.5 Å². The van der Waals surface area contributed by atoms with Gasteiger partial charge in [-0.1, -0.05) is 30.7 Å². The van der Waals surface area contributed by atoms with E-state index in [-0.39, 0.29) is 0 Å². The van der Waals surface area contributed by atoms with Gasteiger partial charge in [0, 0.05) is 28.4 Å². The van der Waals surface area contributed by atoms with Crippen molar-refractivity contribution in [3.05, 3.63) is 82.3 Å². The maximum absolute atomic E-state index is 5.99. The zero-order chi connectivity index (χ0) is 21.1. The van der Waals surface area contributed by atoms with Crippen molar-refractivity contribution in [2.75, 3.05) is 12.4 Å². The number of benzene rings is 2. The predicted molar refractivity (Wildman–Crippen MR) is 124 cm³/mol. The summed E-state index contributed by atoms with van der Waals surface area (Å²) < 4.78 is 7.54. The topological polar surface area (TPSA) is 52.0 Å². The minimum absolute atomic E-state index is 0.371. The first-order valence-corrected chi connectivity index (χ1v) is 10.9. The molecular formula is C23H23ClN4OS. The number of rotatable bonds is 7. The van der Waals surface area contributed by atoms with E-state index in [1.807, 2.05) is 48.0 Å². The van der Waals surface area contributed by atoms with Gasteiger partial charge in [-0.25, -0.2) is 9.97 Å². The average molecular weight is 439 g/mol. The van der Waals surface area contributed by atoms with Gasteiger partial charge in [0.05, 0.1) is 30.5 Å². The Kier molecular flexibility index (Phi) is 6.06. The quantitative estimate of drug-likeness (QED) is 0.363. The summed E-state index contributed by atoms with van der Waals surface area (Å²) in [6.07, 6.45) is 4.64. The van der Waals surface area contributed by atoms with Crippen molar-refractivity contribution in [3.8, 4) is 11.4 Å². The number of nitrogens with one attached hydrogen (secondary N) is 1. The fourth-order valence-corrected chi connectivity index (χ4v) is 4.20. The Morgan fingerprint density at radius 1 is 1.20 bits per heavy atom. The molecule has 1 N–H and O–H groups in total. The van der Waals surface area contributed by atoms with Gasteiger partial charge in [0.15, 0.2) is 5.13 Å². The van der Waals surface area contributed by atoms with Crippen LogP contribution in [-0.2, 0) is 6.42 Å². The van der Waals surface area contributed by atoms with Gasteiger partial charge in [0.25, 0.3) is 0 Å². The van der Waals surface area contributed by atoms with Gasteiger partial charge in [-0.15, -0.1) is 11.3 Å². The Hall–Kier alpha value is -2.83. The number of ether oxygens (including phenoxy) is 1. The molecule has 0 bridgehead atoms. The number of thiazole rings is 1. The van der Waals surface area contributed by atoms with E-state index in [0.717, 1.165) is 45.1 Å². The van der Waals surface area contributed by atoms with E-state index in [0.29, 0.717) is 5.92 Å². The van der Waals surface area contributed by atoms with Crippen molar-refractivity contribution in [3.63, 3.8) is 0 Å². The standard InChI is InChI=1S/C23H23ClN4OS/c1-15(17-4-6-18(24)7-5-17)10-20-13-30-23(27-20)26-19-8-9-21(22(11-19)29-3)28-12-16(2)25-14-28/h4-9,11-15H,10H2,1-3H3,(H,26,27). The first-order chi connectivity index (χ1) is 14.5. The van der Waals surface area contributed by atoms with Crippen molar-refractivity contribution in [2.45, 2.75) is 26.2 Å². The van der Waals surface area contributed by atoms with Crippen LogP contribution in [0.15, 0.2) is 60.4 Å². The van der Waals surface area contributed by atoms with Gasteiger partial charge in [-0.05, 0) is 49.1 Å². The zero-order valence-corrected chi connectivity index (χ0v) is 18.7. The Bertz CT molecular complexity index is 1140. The average Bonchev–Trinajstić information content (AvgIpc) is 3.37. The Morgan fingerprint density at radius 2 is 2.00 bits per heavy atom. The second kappa shape index (κ2) is 8.90. The highest BCUT2D eigenvalue weighted by atomic mass is 35.5. The Labute approximate surface area is 185 Å². The SMILES string of the molecule is COc1cc(Nc2nc(CC(C)c3ccc(Cl)cc3)cs2)ccc1-n1cnc(C)c1. The summed E-state index contributed by atoms with van der Waals surface area (Å²) in [7, 11) is 1.67. The van der Waals surface area contributed by atoms with Gasteiger partial charge in [0.1, 0.15) is 5.75 Å². The molecule has 4 rings (SSSR count). The molecule has 30 heavy (non-hydrogen) atoms. The lowest BCUT2D eigenvalue weighted by Crippen LogP contribution is -2.00. The van der Waals surface area contributed by atoms with Crippen LogP contribution in [0.4, 0.5) is 10.8 Å². The van der Waals surface area contributed by atoms with Crippen LogP contribution in [-0.4, -0.2) is 21.6 Å². The van der Waals surface area contributed by atoms with Gasteiger partial charge in [0.2, 0.25) is 0 Å². The highest BCUT2D eigenvalue weighted by Gasteiger charge is 2.12. The summed E-state index contributed by atoms with van der Waals surface area (Å²) in [6, 6.07) is 14.0. The smallest absolute Gasteiger partial charge is 0.187 e. The predicted octanol–water partition coefficient (Wildman–Crippen LogP) is 6.39. The molecule has 0 aliphatic heterocycles. The Morgan fingerprint density at radius 3 is 2.70 bits per heavy atom. The summed E-state index contributed by atoms with van der Waals surface area (Å²) in [5.41, 5.74) is 5.17. The van der Waals surface area contributed by atoms with E-state index < -0.39 is 0 Å². The lowest BCUT2D eigenvalue weighted by molar-refractivity contribution is 0.413. The molecule has 0 fully saturated rings. The number of methoxy groups -OCH3 is 1. The monoisotopic (exact) mass is 438 g/mol. The number of hydrogen-bond acceptors (Lipinski definition) is 5. The third-order valence-electron chi connectivity index (χ3n) is 4.93. The third-order valence-corrected chi connectivity index (χ3v) is 5.99. The molecule has 1 atom stereocenters. The van der Waals surface area contributed by atoms with Crippen molar-refractivity contribution < 1.29 is 4.74 Å². The highest BCUT2D eigenvalue weighted by molar-refractivity contribution is 7.13. The number of aryl methyl sites for hydroxylation is 1. The molecule has 5 nitrogen and oxygen atoms in total. The molecule has 7 heteroatoms. The van der Waals surface area contributed by atoms with Gasteiger partial charge < -0.3 is 14.6 Å². The lowest BCUT2D eigenvalue weighted by Gasteiger charge is -2.12. The molecule has 0 amide bonds. The molecule has 4 aromatic rings. The number of anilines is 2. The number of aromatic nitrogens is 3. The van der Waals surface area contributed by atoms with Crippen LogP contribution in [0, 0.1) is 6.92 Å². The maximum atomic E-state index is 5.99. The molecule has 154 valence electrons. The van der Waals surface area contributed by atoms with Crippen LogP contribution < -0.4 is 10.1 Å². The van der Waals surface area contributed by atoms with Crippen LogP contribution in [0.5, 0.6) is 5.75 Å². The maximum Gasteiger partial charge on any atom is 0.187 e. The fraction of sp³-hybridized carbons (Fsp3) is 0.217. The number of hydrogen-bond donors (Lipinski definition) is 1. The van der Waals surface area contributed by atoms with Crippen LogP contribution in [0.25, 0.3) is 5.69 Å². The van der Waals surface area contributed by atoms with Gasteiger partial charge in [-0.3, -0.25) is 0 Å². The molecule has 2 heterocycles. The number of halogens is 1. The van der Waals surface area contributed by atoms with E-state index in [1.165, 1.54) is 5.56 Å². The molecule has 0 radical (unpaired) electrons. The first-order valence-electron chi connectivity index (χ1n) is 9.67. The second-order valence-corrected chi connectivity index (χ2v) is 8.53. The van der Waals surface area contributed by atoms with E-state index in [2.05, 4.69) is 34.7 Å². The van der Waals surface area contributed by atoms with E-state index in [9.17, 15) is 0 Å². The molecule has 0 aliphatic carbocycles. The number of imidazole rings is 1. The van der Waals surface area contributed by atoms with E-state index in [1.54, 1.807) is 24.8 Å². The minimum atomic E-state index is 0.371. The molecule has 2 aromatic carbocycles. The molecule has 0 aliphatic rings. The molecule has 1 unspecified atom stereocenters. The summed E-state index contributed by atoms with van der Waals surface area (Å²) in [5.74, 6) is 1.14.